The standard InChI is InChI=1S/C24H24F3N3O3/c1-12(2)33-23(32)15-10-30(22(31)13-5-6-16(26)17(27)7-13)11-24(3,4)19-20(15)29-18-8-14(25)9-28-21(18)19/h5-10,12,22,29,31H,11H2,1-4H3. The molecule has 0 radical (unpaired) electrons. The van der Waals surface area contributed by atoms with Gasteiger partial charge in [-0.25, -0.2) is 18.0 Å². The molecule has 0 amide bonds. The van der Waals surface area contributed by atoms with Gasteiger partial charge in [-0.15, -0.1) is 0 Å². The predicted octanol–water partition coefficient (Wildman–Crippen LogP) is 4.56. The molecule has 0 saturated carbocycles. The number of aromatic amines is 1. The van der Waals surface area contributed by atoms with E-state index >= 15 is 0 Å². The summed E-state index contributed by atoms with van der Waals surface area (Å²) in [6.45, 7) is 7.37. The Hall–Kier alpha value is -3.33. The maximum Gasteiger partial charge on any atom is 0.342 e. The van der Waals surface area contributed by atoms with E-state index in [4.69, 9.17) is 4.74 Å². The minimum Gasteiger partial charge on any atom is -0.459 e. The van der Waals surface area contributed by atoms with E-state index in [1.54, 1.807) is 13.8 Å². The van der Waals surface area contributed by atoms with Gasteiger partial charge in [0.05, 0.1) is 34.6 Å². The molecule has 0 aliphatic carbocycles. The Morgan fingerprint density at radius 1 is 1.21 bits per heavy atom. The minimum absolute atomic E-state index is 0.101. The summed E-state index contributed by atoms with van der Waals surface area (Å²) in [6, 6.07) is 4.42. The van der Waals surface area contributed by atoms with Crippen LogP contribution < -0.4 is 0 Å². The highest BCUT2D eigenvalue weighted by Crippen LogP contribution is 2.41. The first-order valence-electron chi connectivity index (χ1n) is 10.5. The van der Waals surface area contributed by atoms with Crippen LogP contribution in [0.4, 0.5) is 13.2 Å². The average molecular weight is 459 g/mol. The van der Waals surface area contributed by atoms with Gasteiger partial charge in [0.25, 0.3) is 0 Å². The molecule has 4 rings (SSSR count). The number of nitrogens with zero attached hydrogens (tertiary/aromatic N) is 2. The Morgan fingerprint density at radius 2 is 1.94 bits per heavy atom. The van der Waals surface area contributed by atoms with Crippen molar-refractivity contribution in [3.63, 3.8) is 0 Å². The smallest absolute Gasteiger partial charge is 0.342 e. The van der Waals surface area contributed by atoms with Crippen LogP contribution in [0.15, 0.2) is 36.7 Å². The van der Waals surface area contributed by atoms with Crippen LogP contribution in [0.1, 0.15) is 50.7 Å². The molecular weight excluding hydrogens is 435 g/mol. The highest BCUT2D eigenvalue weighted by molar-refractivity contribution is 6.17. The molecule has 3 aromatic rings. The Kier molecular flexibility index (Phi) is 5.69. The fourth-order valence-corrected chi connectivity index (χ4v) is 4.18. The van der Waals surface area contributed by atoms with Gasteiger partial charge in [-0.1, -0.05) is 19.9 Å². The van der Waals surface area contributed by atoms with Crippen molar-refractivity contribution in [3.8, 4) is 0 Å². The number of H-pyrrole nitrogens is 1. The molecule has 6 nitrogen and oxygen atoms in total. The lowest BCUT2D eigenvalue weighted by Gasteiger charge is -2.33. The molecule has 9 heteroatoms. The molecule has 33 heavy (non-hydrogen) atoms. The molecule has 1 aromatic carbocycles. The van der Waals surface area contributed by atoms with Gasteiger partial charge in [-0.3, -0.25) is 4.98 Å². The molecule has 0 spiro atoms. The number of pyridine rings is 1. The number of fused-ring (bicyclic) bond motifs is 3. The zero-order valence-corrected chi connectivity index (χ0v) is 18.6. The number of nitrogens with one attached hydrogen (secondary N) is 1. The molecular formula is C24H24F3N3O3. The van der Waals surface area contributed by atoms with Gasteiger partial charge in [0.1, 0.15) is 5.82 Å². The molecule has 0 bridgehead atoms. The van der Waals surface area contributed by atoms with E-state index in [-0.39, 0.29) is 17.7 Å². The minimum atomic E-state index is -1.37. The normalized spacial score (nSPS) is 16.4. The first-order chi connectivity index (χ1) is 15.5. The zero-order chi connectivity index (χ0) is 24.1. The number of rotatable bonds is 4. The average Bonchev–Trinajstić information content (AvgIpc) is 3.05. The van der Waals surface area contributed by atoms with E-state index in [1.807, 2.05) is 13.8 Å². The van der Waals surface area contributed by atoms with Crippen LogP contribution in [-0.4, -0.2) is 38.6 Å². The number of aromatic nitrogens is 2. The van der Waals surface area contributed by atoms with Crippen LogP contribution in [0, 0.1) is 17.5 Å². The lowest BCUT2D eigenvalue weighted by Crippen LogP contribution is -2.35. The van der Waals surface area contributed by atoms with E-state index in [1.165, 1.54) is 23.2 Å². The first-order valence-corrected chi connectivity index (χ1v) is 10.5. The van der Waals surface area contributed by atoms with Crippen LogP contribution >= 0.6 is 0 Å². The number of benzene rings is 1. The maximum absolute atomic E-state index is 13.8. The van der Waals surface area contributed by atoms with Gasteiger partial charge in [-0.2, -0.15) is 0 Å². The Bertz CT molecular complexity index is 1270. The van der Waals surface area contributed by atoms with E-state index in [0.29, 0.717) is 22.3 Å². The third kappa shape index (κ3) is 4.20. The maximum atomic E-state index is 13.8. The van der Waals surface area contributed by atoms with Gasteiger partial charge >= 0.3 is 5.97 Å². The first kappa shape index (κ1) is 22.8. The van der Waals surface area contributed by atoms with E-state index in [0.717, 1.165) is 18.3 Å². The highest BCUT2D eigenvalue weighted by atomic mass is 19.2. The summed E-state index contributed by atoms with van der Waals surface area (Å²) in [7, 11) is 0. The number of halogens is 3. The van der Waals surface area contributed by atoms with Gasteiger partial charge < -0.3 is 19.7 Å². The van der Waals surface area contributed by atoms with Crippen molar-refractivity contribution < 1.29 is 27.8 Å². The number of ether oxygens (including phenoxy) is 1. The summed E-state index contributed by atoms with van der Waals surface area (Å²) in [6.07, 6.45) is 0.737. The number of hydrogen-bond donors (Lipinski definition) is 2. The number of esters is 1. The molecule has 2 N–H and O–H groups in total. The fraction of sp³-hybridized carbons (Fsp3) is 0.333. The summed E-state index contributed by atoms with van der Waals surface area (Å²) in [5, 5.41) is 11.0. The summed E-state index contributed by atoms with van der Waals surface area (Å²) in [4.78, 5) is 21.8. The quantitative estimate of drug-likeness (QED) is 0.560. The van der Waals surface area contributed by atoms with Crippen LogP contribution in [0.5, 0.6) is 0 Å². The Morgan fingerprint density at radius 3 is 2.61 bits per heavy atom. The monoisotopic (exact) mass is 459 g/mol. The zero-order valence-electron chi connectivity index (χ0n) is 18.6. The number of carbonyl (C=O) groups is 1. The van der Waals surface area contributed by atoms with E-state index in [9.17, 15) is 23.1 Å². The second kappa shape index (κ2) is 8.22. The number of aliphatic hydroxyl groups excluding tert-OH is 1. The van der Waals surface area contributed by atoms with Crippen molar-refractivity contribution in [3.05, 3.63) is 70.9 Å². The van der Waals surface area contributed by atoms with Crippen molar-refractivity contribution in [1.29, 1.82) is 0 Å². The number of hydrogen-bond acceptors (Lipinski definition) is 5. The molecule has 1 atom stereocenters. The number of aliphatic hydroxyl groups is 1. The molecule has 0 fully saturated rings. The third-order valence-corrected chi connectivity index (χ3v) is 5.54. The van der Waals surface area contributed by atoms with Crippen molar-refractivity contribution in [2.45, 2.75) is 45.4 Å². The summed E-state index contributed by atoms with van der Waals surface area (Å²) < 4.78 is 46.5. The largest absolute Gasteiger partial charge is 0.459 e. The van der Waals surface area contributed by atoms with Crippen LogP contribution in [0.3, 0.4) is 0 Å². The van der Waals surface area contributed by atoms with Crippen LogP contribution in [0.25, 0.3) is 16.6 Å². The van der Waals surface area contributed by atoms with Crippen LogP contribution in [-0.2, 0) is 14.9 Å². The lowest BCUT2D eigenvalue weighted by atomic mass is 9.83. The second-order valence-electron chi connectivity index (χ2n) is 9.02. The molecule has 0 saturated heterocycles. The van der Waals surface area contributed by atoms with Gasteiger partial charge in [0, 0.05) is 35.4 Å². The van der Waals surface area contributed by atoms with Gasteiger partial charge in [-0.05, 0) is 26.0 Å². The lowest BCUT2D eigenvalue weighted by molar-refractivity contribution is -0.140. The SMILES string of the molecule is CC(C)OC(=O)C1=CN(C(O)c2ccc(F)c(F)c2)CC(C)(C)c2c1[nH]c1cc(F)cnc21. The Labute approximate surface area is 188 Å². The van der Waals surface area contributed by atoms with Crippen molar-refractivity contribution in [2.75, 3.05) is 6.54 Å². The van der Waals surface area contributed by atoms with E-state index in [2.05, 4.69) is 9.97 Å². The molecule has 1 aliphatic heterocycles. The predicted molar refractivity (Wildman–Crippen MR) is 116 cm³/mol. The molecule has 1 unspecified atom stereocenters. The number of carbonyl (C=O) groups excluding carboxylic acids is 1. The molecule has 2 aromatic heterocycles. The van der Waals surface area contributed by atoms with Crippen LogP contribution in [0.2, 0.25) is 0 Å². The van der Waals surface area contributed by atoms with Crippen molar-refractivity contribution in [2.24, 2.45) is 0 Å². The molecule has 174 valence electrons. The third-order valence-electron chi connectivity index (χ3n) is 5.54. The molecule has 3 heterocycles. The Balaban J connectivity index is 1.89. The van der Waals surface area contributed by atoms with E-state index < -0.39 is 41.2 Å². The topological polar surface area (TPSA) is 78.5 Å². The highest BCUT2D eigenvalue weighted by Gasteiger charge is 2.38. The summed E-state index contributed by atoms with van der Waals surface area (Å²) >= 11 is 0. The molecule has 1 aliphatic rings. The van der Waals surface area contributed by atoms with Gasteiger partial charge in [0.2, 0.25) is 0 Å². The second-order valence-corrected chi connectivity index (χ2v) is 9.02. The van der Waals surface area contributed by atoms with Crippen molar-refractivity contribution >= 4 is 22.6 Å². The van der Waals surface area contributed by atoms with Crippen molar-refractivity contribution in [1.82, 2.24) is 14.9 Å². The fourth-order valence-electron chi connectivity index (χ4n) is 4.18. The summed E-state index contributed by atoms with van der Waals surface area (Å²) in [5.74, 6) is -3.30. The van der Waals surface area contributed by atoms with Gasteiger partial charge in [0.15, 0.2) is 17.9 Å². The summed E-state index contributed by atoms with van der Waals surface area (Å²) in [5.41, 5.74) is 1.49.